The largest absolute Gasteiger partial charge is 0.494 e. The highest BCUT2D eigenvalue weighted by Gasteiger charge is 2.51. The van der Waals surface area contributed by atoms with Gasteiger partial charge in [-0.1, -0.05) is 66.5 Å². The average molecular weight is 461 g/mol. The summed E-state index contributed by atoms with van der Waals surface area (Å²) in [5, 5.41) is 0. The van der Waals surface area contributed by atoms with Gasteiger partial charge in [0.1, 0.15) is 5.82 Å². The summed E-state index contributed by atoms with van der Waals surface area (Å²) in [5.74, 6) is -1.43. The van der Waals surface area contributed by atoms with E-state index in [-0.39, 0.29) is 46.2 Å². The molecule has 0 radical (unpaired) electrons. The molecule has 0 saturated carbocycles. The molecule has 2 heterocycles. The number of hydrogen-bond acceptors (Lipinski definition) is 5. The lowest BCUT2D eigenvalue weighted by Crippen LogP contribution is -2.41. The van der Waals surface area contributed by atoms with Crippen molar-refractivity contribution in [2.75, 3.05) is 0 Å². The minimum absolute atomic E-state index is 0.103. The maximum Gasteiger partial charge on any atom is 0.494 e. The molecule has 5 rings (SSSR count). The standard InChI is InChI=1S/C27H25BFN3O2/c1-26(2)27(3,4)34-28(33-26)20-15-16-22(29)21(17-20)25-31-23(18-11-7-5-8-12-18)30-24(32-25)19-13-9-6-10-14-19/h5-17H,1-4H3/i5D,6D,7D,8D,9D,10D,11D,13D. The van der Waals surface area contributed by atoms with E-state index in [0.29, 0.717) is 5.46 Å². The van der Waals surface area contributed by atoms with Gasteiger partial charge in [0.15, 0.2) is 17.5 Å². The SMILES string of the molecule is [2H]c1cc(-c2nc(-c3cc(B4OC(C)(C)C(C)(C)O4)ccc3F)nc(-c3cc([2H])c([2H])c([2H])c3[2H])n2)c([2H])c([2H])c1[2H]. The fourth-order valence-corrected chi connectivity index (χ4v) is 3.38. The Bertz CT molecular complexity index is 1680. The number of aromatic nitrogens is 3. The van der Waals surface area contributed by atoms with Crippen LogP contribution in [0.3, 0.4) is 0 Å². The number of nitrogens with zero attached hydrogens (tertiary/aromatic N) is 3. The Morgan fingerprint density at radius 3 is 1.82 bits per heavy atom. The monoisotopic (exact) mass is 461 g/mol. The zero-order valence-corrected chi connectivity index (χ0v) is 19.0. The first-order valence-corrected chi connectivity index (χ1v) is 10.6. The van der Waals surface area contributed by atoms with Crippen molar-refractivity contribution in [2.45, 2.75) is 38.9 Å². The first kappa shape index (κ1) is 14.8. The lowest BCUT2D eigenvalue weighted by atomic mass is 9.78. The second-order valence-corrected chi connectivity index (χ2v) is 8.79. The van der Waals surface area contributed by atoms with Crippen LogP contribution in [0.25, 0.3) is 34.2 Å². The summed E-state index contributed by atoms with van der Waals surface area (Å²) >= 11 is 0. The van der Waals surface area contributed by atoms with Gasteiger partial charge in [-0.15, -0.1) is 0 Å². The van der Waals surface area contributed by atoms with E-state index >= 15 is 4.39 Å². The minimum Gasteiger partial charge on any atom is -0.399 e. The van der Waals surface area contributed by atoms with Gasteiger partial charge < -0.3 is 9.31 Å². The minimum atomic E-state index is -0.836. The van der Waals surface area contributed by atoms with Crippen molar-refractivity contribution in [2.24, 2.45) is 0 Å². The summed E-state index contributed by atoms with van der Waals surface area (Å²) < 4.78 is 92.5. The van der Waals surface area contributed by atoms with Crippen LogP contribution < -0.4 is 5.46 Å². The molecule has 5 nitrogen and oxygen atoms in total. The fraction of sp³-hybridized carbons (Fsp3) is 0.222. The highest BCUT2D eigenvalue weighted by atomic mass is 19.1. The van der Waals surface area contributed by atoms with Crippen LogP contribution in [0.5, 0.6) is 0 Å². The van der Waals surface area contributed by atoms with E-state index in [1.54, 1.807) is 0 Å². The lowest BCUT2D eigenvalue weighted by Gasteiger charge is -2.32. The topological polar surface area (TPSA) is 57.1 Å². The lowest BCUT2D eigenvalue weighted by molar-refractivity contribution is 0.00578. The predicted octanol–water partition coefficient (Wildman–Crippen LogP) is 5.31. The summed E-state index contributed by atoms with van der Waals surface area (Å²) in [4.78, 5) is 13.1. The van der Waals surface area contributed by atoms with Crippen molar-refractivity contribution in [3.05, 3.63) is 84.5 Å². The molecular weight excluding hydrogens is 428 g/mol. The van der Waals surface area contributed by atoms with Gasteiger partial charge in [0, 0.05) is 11.1 Å². The Labute approximate surface area is 210 Å². The van der Waals surface area contributed by atoms with Gasteiger partial charge in [-0.3, -0.25) is 0 Å². The average Bonchev–Trinajstić information content (AvgIpc) is 3.16. The van der Waals surface area contributed by atoms with Crippen molar-refractivity contribution in [3.63, 3.8) is 0 Å². The quantitative estimate of drug-likeness (QED) is 0.386. The molecule has 1 fully saturated rings. The highest BCUT2D eigenvalue weighted by Crippen LogP contribution is 2.37. The van der Waals surface area contributed by atoms with Gasteiger partial charge in [0.05, 0.1) is 27.7 Å². The highest BCUT2D eigenvalue weighted by molar-refractivity contribution is 6.62. The van der Waals surface area contributed by atoms with Crippen LogP contribution in [0, 0.1) is 5.82 Å². The molecule has 1 aliphatic heterocycles. The normalized spacial score (nSPS) is 19.9. The van der Waals surface area contributed by atoms with Gasteiger partial charge in [-0.05, 0) is 45.3 Å². The second kappa shape index (κ2) is 8.42. The summed E-state index contributed by atoms with van der Waals surface area (Å²) in [5.41, 5.74) is -1.16. The van der Waals surface area contributed by atoms with Crippen LogP contribution in [0.1, 0.15) is 38.7 Å². The van der Waals surface area contributed by atoms with Crippen LogP contribution >= 0.6 is 0 Å². The van der Waals surface area contributed by atoms with E-state index in [2.05, 4.69) is 15.0 Å². The Balaban J connectivity index is 1.76. The number of rotatable bonds is 4. The van der Waals surface area contributed by atoms with Crippen LogP contribution in [0.15, 0.2) is 78.7 Å². The zero-order chi connectivity index (χ0) is 30.9. The molecule has 170 valence electrons. The molecule has 0 N–H and O–H groups in total. The van der Waals surface area contributed by atoms with Crippen molar-refractivity contribution in [1.82, 2.24) is 15.0 Å². The maximum absolute atomic E-state index is 15.4. The second-order valence-electron chi connectivity index (χ2n) is 8.79. The third-order valence-electron chi connectivity index (χ3n) is 5.97. The molecule has 7 heteroatoms. The number of benzene rings is 3. The molecule has 0 aliphatic carbocycles. The molecule has 0 amide bonds. The first-order chi connectivity index (χ1) is 19.5. The van der Waals surface area contributed by atoms with Crippen molar-refractivity contribution in [1.29, 1.82) is 0 Å². The van der Waals surface area contributed by atoms with Crippen molar-refractivity contribution < 1.29 is 24.7 Å². The van der Waals surface area contributed by atoms with Crippen LogP contribution in [0.4, 0.5) is 4.39 Å². The number of hydrogen-bond donors (Lipinski definition) is 0. The molecule has 3 aromatic carbocycles. The Kier molecular flexibility index (Phi) is 3.66. The molecule has 0 unspecified atom stereocenters. The molecule has 0 bridgehead atoms. The van der Waals surface area contributed by atoms with Crippen molar-refractivity contribution >= 4 is 12.6 Å². The van der Waals surface area contributed by atoms with Crippen LogP contribution in [0.2, 0.25) is 0 Å². The summed E-state index contributed by atoms with van der Waals surface area (Å²) in [6, 6.07) is 2.85. The first-order valence-electron chi connectivity index (χ1n) is 14.6. The summed E-state index contributed by atoms with van der Waals surface area (Å²) in [7, 11) is -0.836. The molecule has 4 aromatic rings. The van der Waals surface area contributed by atoms with E-state index in [9.17, 15) is 0 Å². The third-order valence-corrected chi connectivity index (χ3v) is 5.97. The third kappa shape index (κ3) is 4.13. The zero-order valence-electron chi connectivity index (χ0n) is 27.0. The Morgan fingerprint density at radius 1 is 0.735 bits per heavy atom. The molecule has 1 saturated heterocycles. The van der Waals surface area contributed by atoms with Gasteiger partial charge >= 0.3 is 7.12 Å². The molecule has 0 spiro atoms. The molecular formula is C27H25BFN3O2. The van der Waals surface area contributed by atoms with Gasteiger partial charge in [0.2, 0.25) is 0 Å². The molecule has 34 heavy (non-hydrogen) atoms. The molecule has 1 aliphatic rings. The predicted molar refractivity (Wildman–Crippen MR) is 132 cm³/mol. The number of halogens is 1. The van der Waals surface area contributed by atoms with E-state index in [1.165, 1.54) is 18.2 Å². The van der Waals surface area contributed by atoms with E-state index < -0.39 is 60.4 Å². The summed E-state index contributed by atoms with van der Waals surface area (Å²) in [6.07, 6.45) is 0. The molecule has 0 atom stereocenters. The maximum atomic E-state index is 15.4. The Morgan fingerprint density at radius 2 is 1.26 bits per heavy atom. The van der Waals surface area contributed by atoms with Crippen LogP contribution in [-0.2, 0) is 9.31 Å². The Hall–Kier alpha value is -3.42. The van der Waals surface area contributed by atoms with E-state index in [4.69, 9.17) is 20.3 Å². The smallest absolute Gasteiger partial charge is 0.399 e. The fourth-order valence-electron chi connectivity index (χ4n) is 3.38. The summed E-state index contributed by atoms with van der Waals surface area (Å²) in [6.45, 7) is 7.52. The van der Waals surface area contributed by atoms with Gasteiger partial charge in [0.25, 0.3) is 0 Å². The molecule has 1 aromatic heterocycles. The van der Waals surface area contributed by atoms with Gasteiger partial charge in [-0.2, -0.15) is 0 Å². The van der Waals surface area contributed by atoms with E-state index in [0.717, 1.165) is 12.1 Å². The van der Waals surface area contributed by atoms with Crippen LogP contribution in [-0.4, -0.2) is 33.3 Å². The van der Waals surface area contributed by atoms with Crippen molar-refractivity contribution in [3.8, 4) is 34.2 Å². The van der Waals surface area contributed by atoms with Gasteiger partial charge in [-0.25, -0.2) is 19.3 Å². The van der Waals surface area contributed by atoms with E-state index in [1.807, 2.05) is 27.7 Å².